The number of pyridine rings is 1. The topological polar surface area (TPSA) is 102 Å². The van der Waals surface area contributed by atoms with Crippen LogP contribution in [0.3, 0.4) is 0 Å². The molecule has 194 valence electrons. The van der Waals surface area contributed by atoms with Gasteiger partial charge in [0.15, 0.2) is 0 Å². The fourth-order valence-electron chi connectivity index (χ4n) is 3.68. The van der Waals surface area contributed by atoms with E-state index in [2.05, 4.69) is 14.5 Å². The van der Waals surface area contributed by atoms with Crippen molar-refractivity contribution >= 4 is 17.5 Å². The molecule has 0 unspecified atom stereocenters. The van der Waals surface area contributed by atoms with E-state index >= 15 is 0 Å². The summed E-state index contributed by atoms with van der Waals surface area (Å²) in [5.74, 6) is 0.0401. The number of carbonyl (C=O) groups excluding carboxylic acids is 1. The first-order chi connectivity index (χ1) is 17.0. The van der Waals surface area contributed by atoms with E-state index in [1.54, 1.807) is 0 Å². The lowest BCUT2D eigenvalue weighted by Gasteiger charge is -2.17. The molecule has 3 rings (SSSR count). The quantitative estimate of drug-likeness (QED) is 0.285. The van der Waals surface area contributed by atoms with Gasteiger partial charge in [-0.2, -0.15) is 0 Å². The Labute approximate surface area is 204 Å². The molecular weight excluding hydrogens is 483 g/mol. The number of benzene rings is 1. The van der Waals surface area contributed by atoms with Crippen molar-refractivity contribution in [2.45, 2.75) is 46.0 Å². The Balaban J connectivity index is 2.12. The van der Waals surface area contributed by atoms with E-state index in [0.717, 1.165) is 16.7 Å². The summed E-state index contributed by atoms with van der Waals surface area (Å²) in [5.41, 5.74) is -0.517. The van der Waals surface area contributed by atoms with Crippen molar-refractivity contribution in [2.24, 2.45) is 13.0 Å². The molecule has 0 saturated carbocycles. The van der Waals surface area contributed by atoms with E-state index in [1.807, 2.05) is 13.8 Å². The monoisotopic (exact) mass is 509 g/mol. The predicted molar refractivity (Wildman–Crippen MR) is 124 cm³/mol. The van der Waals surface area contributed by atoms with Crippen LogP contribution in [-0.2, 0) is 29.5 Å². The standard InChI is InChI=1S/C24H26F3N3O6/c1-15(2)8-9-18-19(35-16-6-4-7-17(12-16)36-24(25,26)27)13-28-21-20(18)22(32)30(23(33)29(21)3)10-5-11-34-14-31/h4,6-7,12-15H,5,8-11H2,1-3H3. The summed E-state index contributed by atoms with van der Waals surface area (Å²) < 4.78 is 54.7. The zero-order chi connectivity index (χ0) is 26.5. The van der Waals surface area contributed by atoms with Crippen LogP contribution in [0, 0.1) is 5.92 Å². The summed E-state index contributed by atoms with van der Waals surface area (Å²) in [6, 6.07) is 5.01. The minimum atomic E-state index is -4.86. The maximum absolute atomic E-state index is 13.4. The molecule has 0 amide bonds. The van der Waals surface area contributed by atoms with Gasteiger partial charge in [-0.1, -0.05) is 19.9 Å². The molecule has 0 fully saturated rings. The second kappa shape index (κ2) is 11.3. The van der Waals surface area contributed by atoms with Crippen LogP contribution in [-0.4, -0.2) is 33.6 Å². The molecule has 36 heavy (non-hydrogen) atoms. The molecule has 2 aromatic heterocycles. The second-order valence-electron chi connectivity index (χ2n) is 8.48. The Hall–Kier alpha value is -3.83. The summed E-state index contributed by atoms with van der Waals surface area (Å²) in [4.78, 5) is 40.9. The molecule has 0 radical (unpaired) electrons. The fraction of sp³-hybridized carbons (Fsp3) is 0.417. The number of halogens is 3. The third kappa shape index (κ3) is 6.43. The first-order valence-electron chi connectivity index (χ1n) is 11.2. The Morgan fingerprint density at radius 1 is 1.17 bits per heavy atom. The van der Waals surface area contributed by atoms with Gasteiger partial charge >= 0.3 is 12.1 Å². The molecule has 0 spiro atoms. The van der Waals surface area contributed by atoms with E-state index in [0.29, 0.717) is 18.4 Å². The fourth-order valence-corrected chi connectivity index (χ4v) is 3.68. The minimum Gasteiger partial charge on any atom is -0.468 e. The van der Waals surface area contributed by atoms with Gasteiger partial charge in [0.2, 0.25) is 0 Å². The van der Waals surface area contributed by atoms with Gasteiger partial charge in [-0.05, 0) is 37.3 Å². The maximum atomic E-state index is 13.4. The molecule has 0 saturated heterocycles. The maximum Gasteiger partial charge on any atom is 0.573 e. The van der Waals surface area contributed by atoms with Gasteiger partial charge in [-0.25, -0.2) is 9.78 Å². The van der Waals surface area contributed by atoms with Crippen LogP contribution in [0.25, 0.3) is 11.0 Å². The smallest absolute Gasteiger partial charge is 0.468 e. The van der Waals surface area contributed by atoms with Crippen molar-refractivity contribution in [3.63, 3.8) is 0 Å². The number of hydrogen-bond acceptors (Lipinski definition) is 7. The Morgan fingerprint density at radius 2 is 1.89 bits per heavy atom. The van der Waals surface area contributed by atoms with E-state index in [-0.39, 0.29) is 54.5 Å². The first-order valence-corrected chi connectivity index (χ1v) is 11.2. The van der Waals surface area contributed by atoms with Crippen LogP contribution in [0.2, 0.25) is 0 Å². The molecule has 0 N–H and O–H groups in total. The van der Waals surface area contributed by atoms with Gasteiger partial charge in [0.05, 0.1) is 18.2 Å². The molecule has 0 aliphatic rings. The van der Waals surface area contributed by atoms with Crippen molar-refractivity contribution in [1.82, 2.24) is 14.1 Å². The highest BCUT2D eigenvalue weighted by Crippen LogP contribution is 2.33. The lowest BCUT2D eigenvalue weighted by atomic mass is 10.0. The zero-order valence-corrected chi connectivity index (χ0v) is 20.0. The molecular formula is C24H26F3N3O6. The molecule has 12 heteroatoms. The molecule has 3 aromatic rings. The summed E-state index contributed by atoms with van der Waals surface area (Å²) in [6.07, 6.45) is -2.21. The number of alkyl halides is 3. The number of carbonyl (C=O) groups is 1. The van der Waals surface area contributed by atoms with Gasteiger partial charge in [-0.15, -0.1) is 13.2 Å². The van der Waals surface area contributed by atoms with Gasteiger partial charge in [0.25, 0.3) is 12.0 Å². The number of fused-ring (bicyclic) bond motifs is 1. The largest absolute Gasteiger partial charge is 0.573 e. The molecule has 1 aromatic carbocycles. The van der Waals surface area contributed by atoms with Crippen molar-refractivity contribution in [1.29, 1.82) is 0 Å². The average Bonchev–Trinajstić information content (AvgIpc) is 2.80. The average molecular weight is 509 g/mol. The summed E-state index contributed by atoms with van der Waals surface area (Å²) in [6.45, 7) is 4.34. The molecule has 0 aliphatic carbocycles. The first kappa shape index (κ1) is 26.8. The molecule has 0 bridgehead atoms. The summed E-state index contributed by atoms with van der Waals surface area (Å²) in [7, 11) is 1.49. The predicted octanol–water partition coefficient (Wildman–Crippen LogP) is 3.94. The number of aryl methyl sites for hydroxylation is 2. The van der Waals surface area contributed by atoms with Gasteiger partial charge in [0, 0.05) is 25.2 Å². The highest BCUT2D eigenvalue weighted by Gasteiger charge is 2.31. The lowest BCUT2D eigenvalue weighted by Crippen LogP contribution is -2.40. The van der Waals surface area contributed by atoms with Crippen LogP contribution >= 0.6 is 0 Å². The number of nitrogens with zero attached hydrogens (tertiary/aromatic N) is 3. The van der Waals surface area contributed by atoms with Crippen molar-refractivity contribution < 1.29 is 32.2 Å². The molecule has 9 nitrogen and oxygen atoms in total. The Morgan fingerprint density at radius 3 is 2.56 bits per heavy atom. The second-order valence-corrected chi connectivity index (χ2v) is 8.48. The highest BCUT2D eigenvalue weighted by molar-refractivity contribution is 5.80. The summed E-state index contributed by atoms with van der Waals surface area (Å²) >= 11 is 0. The number of rotatable bonds is 11. The number of ether oxygens (including phenoxy) is 3. The Bertz CT molecular complexity index is 1350. The third-order valence-electron chi connectivity index (χ3n) is 5.37. The van der Waals surface area contributed by atoms with Gasteiger partial charge < -0.3 is 14.2 Å². The minimum absolute atomic E-state index is 0.0147. The van der Waals surface area contributed by atoms with Crippen LogP contribution in [0.1, 0.15) is 32.3 Å². The molecule has 0 aliphatic heterocycles. The zero-order valence-electron chi connectivity index (χ0n) is 20.0. The van der Waals surface area contributed by atoms with E-state index < -0.39 is 23.4 Å². The molecule has 0 atom stereocenters. The van der Waals surface area contributed by atoms with Crippen molar-refractivity contribution in [2.75, 3.05) is 6.61 Å². The van der Waals surface area contributed by atoms with Crippen LogP contribution in [0.4, 0.5) is 13.2 Å². The summed E-state index contributed by atoms with van der Waals surface area (Å²) in [5, 5.41) is 0.175. The SMILES string of the molecule is CC(C)CCc1c(Oc2cccc(OC(F)(F)F)c2)cnc2c1c(=O)n(CCCOC=O)c(=O)n2C. The molecule has 2 heterocycles. The Kier molecular flexibility index (Phi) is 8.38. The van der Waals surface area contributed by atoms with Crippen molar-refractivity contribution in [3.8, 4) is 17.2 Å². The number of hydrogen-bond donors (Lipinski definition) is 0. The van der Waals surface area contributed by atoms with E-state index in [1.165, 1.54) is 29.9 Å². The highest BCUT2D eigenvalue weighted by atomic mass is 19.4. The van der Waals surface area contributed by atoms with Crippen LogP contribution < -0.4 is 20.7 Å². The lowest BCUT2D eigenvalue weighted by molar-refractivity contribution is -0.274. The van der Waals surface area contributed by atoms with Gasteiger partial charge in [0.1, 0.15) is 22.9 Å². The van der Waals surface area contributed by atoms with Gasteiger partial charge in [-0.3, -0.25) is 18.7 Å². The van der Waals surface area contributed by atoms with Crippen molar-refractivity contribution in [3.05, 3.63) is 56.9 Å². The van der Waals surface area contributed by atoms with Crippen LogP contribution in [0.5, 0.6) is 17.2 Å². The van der Waals surface area contributed by atoms with E-state index in [4.69, 9.17) is 4.74 Å². The van der Waals surface area contributed by atoms with Crippen LogP contribution in [0.15, 0.2) is 40.1 Å². The van der Waals surface area contributed by atoms with E-state index in [9.17, 15) is 27.6 Å². The third-order valence-corrected chi connectivity index (χ3v) is 5.37. The normalized spacial score (nSPS) is 11.6. The number of aromatic nitrogens is 3.